The molecule has 0 fully saturated rings. The van der Waals surface area contributed by atoms with E-state index in [0.29, 0.717) is 6.04 Å². The van der Waals surface area contributed by atoms with E-state index in [1.54, 1.807) is 0 Å². The quantitative estimate of drug-likeness (QED) is 0.811. The Hall–Kier alpha value is -0.900. The van der Waals surface area contributed by atoms with E-state index in [4.69, 9.17) is 0 Å². The normalized spacial score (nSPS) is 13.8. The summed E-state index contributed by atoms with van der Waals surface area (Å²) >= 11 is 0. The maximum Gasteiger partial charge on any atom is 0.0725 e. The first-order chi connectivity index (χ1) is 8.49. The van der Waals surface area contributed by atoms with Crippen LogP contribution in [0.3, 0.4) is 0 Å². The number of nitrogens with zero attached hydrogens (tertiary/aromatic N) is 3. The highest BCUT2D eigenvalue weighted by molar-refractivity contribution is 4.97. The molecule has 0 saturated carbocycles. The van der Waals surface area contributed by atoms with Crippen molar-refractivity contribution in [2.45, 2.75) is 71.4 Å². The van der Waals surface area contributed by atoms with Gasteiger partial charge in [0.2, 0.25) is 0 Å². The van der Waals surface area contributed by atoms with Gasteiger partial charge in [0.1, 0.15) is 0 Å². The zero-order valence-electron chi connectivity index (χ0n) is 12.5. The highest BCUT2D eigenvalue weighted by Crippen LogP contribution is 2.16. The average molecular weight is 252 g/mol. The zero-order valence-corrected chi connectivity index (χ0v) is 12.5. The Morgan fingerprint density at radius 2 is 2.06 bits per heavy atom. The van der Waals surface area contributed by atoms with Crippen molar-refractivity contribution in [2.24, 2.45) is 0 Å². The molecular weight excluding hydrogens is 224 g/mol. The summed E-state index contributed by atoms with van der Waals surface area (Å²) in [5, 5.41) is 11.6. The Balaban J connectivity index is 2.47. The van der Waals surface area contributed by atoms with E-state index < -0.39 is 0 Å². The lowest BCUT2D eigenvalue weighted by Gasteiger charge is -2.21. The number of aromatic nitrogens is 3. The minimum absolute atomic E-state index is 0.0255. The van der Waals surface area contributed by atoms with Crippen molar-refractivity contribution >= 4 is 0 Å². The molecule has 0 radical (unpaired) electrons. The topological polar surface area (TPSA) is 42.7 Å². The lowest BCUT2D eigenvalue weighted by Crippen LogP contribution is -2.26. The molecule has 1 heterocycles. The van der Waals surface area contributed by atoms with E-state index in [0.717, 1.165) is 6.42 Å². The number of hydrogen-bond acceptors (Lipinski definition) is 3. The van der Waals surface area contributed by atoms with Crippen LogP contribution in [0.4, 0.5) is 0 Å². The van der Waals surface area contributed by atoms with Crippen LogP contribution in [0, 0.1) is 0 Å². The van der Waals surface area contributed by atoms with Gasteiger partial charge >= 0.3 is 0 Å². The van der Waals surface area contributed by atoms with Crippen molar-refractivity contribution < 1.29 is 0 Å². The summed E-state index contributed by atoms with van der Waals surface area (Å²) in [7, 11) is 2.06. The molecule has 4 heteroatoms. The Labute approximate surface area is 111 Å². The number of rotatable bonds is 7. The van der Waals surface area contributed by atoms with Crippen molar-refractivity contribution in [3.05, 3.63) is 11.9 Å². The van der Waals surface area contributed by atoms with Gasteiger partial charge in [-0.05, 0) is 53.5 Å². The van der Waals surface area contributed by atoms with Gasteiger partial charge in [0, 0.05) is 6.04 Å². The van der Waals surface area contributed by atoms with Crippen LogP contribution >= 0.6 is 0 Å². The maximum absolute atomic E-state index is 4.19. The van der Waals surface area contributed by atoms with Crippen molar-refractivity contribution in [3.8, 4) is 0 Å². The lowest BCUT2D eigenvalue weighted by molar-refractivity contribution is 0.333. The van der Waals surface area contributed by atoms with Crippen molar-refractivity contribution in [2.75, 3.05) is 7.05 Å². The van der Waals surface area contributed by atoms with Crippen molar-refractivity contribution in [1.29, 1.82) is 0 Å². The standard InChI is InChI=1S/C14H28N4/c1-6-8-12(15-5)9-7-10-13-11-16-17-18(13)14(2,3)4/h11-12,15H,6-10H2,1-5H3. The Kier molecular flexibility index (Phi) is 5.79. The predicted octanol–water partition coefficient (Wildman–Crippen LogP) is 2.74. The first kappa shape index (κ1) is 15.2. The highest BCUT2D eigenvalue weighted by Gasteiger charge is 2.18. The molecule has 0 spiro atoms. The third-order valence-electron chi connectivity index (χ3n) is 3.29. The van der Waals surface area contributed by atoms with E-state index in [-0.39, 0.29) is 5.54 Å². The van der Waals surface area contributed by atoms with Crippen LogP contribution in [0.2, 0.25) is 0 Å². The molecule has 1 rings (SSSR count). The monoisotopic (exact) mass is 252 g/mol. The summed E-state index contributed by atoms with van der Waals surface area (Å²) in [4.78, 5) is 0. The van der Waals surface area contributed by atoms with Crippen LogP contribution in [-0.2, 0) is 12.0 Å². The van der Waals surface area contributed by atoms with Gasteiger partial charge in [-0.15, -0.1) is 5.10 Å². The molecule has 0 aromatic carbocycles. The van der Waals surface area contributed by atoms with Gasteiger partial charge in [-0.2, -0.15) is 0 Å². The van der Waals surface area contributed by atoms with Gasteiger partial charge in [0.05, 0.1) is 17.4 Å². The van der Waals surface area contributed by atoms with Gasteiger partial charge in [-0.1, -0.05) is 18.6 Å². The molecule has 0 saturated heterocycles. The Morgan fingerprint density at radius 3 is 2.61 bits per heavy atom. The number of aryl methyl sites for hydroxylation is 1. The van der Waals surface area contributed by atoms with Crippen molar-refractivity contribution in [1.82, 2.24) is 20.3 Å². The Morgan fingerprint density at radius 1 is 1.33 bits per heavy atom. The van der Waals surface area contributed by atoms with Gasteiger partial charge in [-0.25, -0.2) is 4.68 Å². The van der Waals surface area contributed by atoms with E-state index in [1.807, 2.05) is 10.9 Å². The summed E-state index contributed by atoms with van der Waals surface area (Å²) in [6, 6.07) is 0.647. The van der Waals surface area contributed by atoms with Crippen LogP contribution in [0.25, 0.3) is 0 Å². The minimum atomic E-state index is 0.0255. The first-order valence-corrected chi connectivity index (χ1v) is 7.06. The molecule has 0 aliphatic heterocycles. The maximum atomic E-state index is 4.19. The summed E-state index contributed by atoms with van der Waals surface area (Å²) < 4.78 is 2.04. The second kappa shape index (κ2) is 6.88. The SMILES string of the molecule is CCCC(CCCc1cnnn1C(C)(C)C)NC. The summed E-state index contributed by atoms with van der Waals surface area (Å²) in [6.07, 6.45) is 7.88. The van der Waals surface area contributed by atoms with Gasteiger partial charge < -0.3 is 5.32 Å². The average Bonchev–Trinajstić information content (AvgIpc) is 2.76. The molecule has 1 aromatic rings. The fourth-order valence-corrected chi connectivity index (χ4v) is 2.30. The lowest BCUT2D eigenvalue weighted by atomic mass is 10.0. The third-order valence-corrected chi connectivity index (χ3v) is 3.29. The molecule has 1 N–H and O–H groups in total. The molecule has 0 bridgehead atoms. The molecule has 0 aliphatic rings. The summed E-state index contributed by atoms with van der Waals surface area (Å²) in [5.41, 5.74) is 1.27. The van der Waals surface area contributed by atoms with Crippen LogP contribution in [0.1, 0.15) is 59.1 Å². The van der Waals surface area contributed by atoms with E-state index in [9.17, 15) is 0 Å². The van der Waals surface area contributed by atoms with Crippen LogP contribution in [0.5, 0.6) is 0 Å². The van der Waals surface area contributed by atoms with E-state index >= 15 is 0 Å². The van der Waals surface area contributed by atoms with Gasteiger partial charge in [0.25, 0.3) is 0 Å². The van der Waals surface area contributed by atoms with E-state index in [2.05, 4.69) is 50.4 Å². The minimum Gasteiger partial charge on any atom is -0.317 e. The Bertz CT molecular complexity index is 338. The third kappa shape index (κ3) is 4.41. The largest absolute Gasteiger partial charge is 0.317 e. The number of nitrogens with one attached hydrogen (secondary N) is 1. The molecule has 0 aliphatic carbocycles. The fraction of sp³-hybridized carbons (Fsp3) is 0.857. The molecule has 1 atom stereocenters. The molecule has 104 valence electrons. The molecular formula is C14H28N4. The highest BCUT2D eigenvalue weighted by atomic mass is 15.4. The molecule has 1 unspecified atom stereocenters. The molecule has 18 heavy (non-hydrogen) atoms. The number of hydrogen-bond donors (Lipinski definition) is 1. The predicted molar refractivity (Wildman–Crippen MR) is 75.7 cm³/mol. The van der Waals surface area contributed by atoms with Crippen molar-refractivity contribution in [3.63, 3.8) is 0 Å². The van der Waals surface area contributed by atoms with Gasteiger partial charge in [0.15, 0.2) is 0 Å². The van der Waals surface area contributed by atoms with Crippen LogP contribution in [0.15, 0.2) is 6.20 Å². The fourth-order valence-electron chi connectivity index (χ4n) is 2.30. The summed E-state index contributed by atoms with van der Waals surface area (Å²) in [5.74, 6) is 0. The second-order valence-electron chi connectivity index (χ2n) is 5.97. The second-order valence-corrected chi connectivity index (χ2v) is 5.97. The molecule has 4 nitrogen and oxygen atoms in total. The van der Waals surface area contributed by atoms with Crippen LogP contribution < -0.4 is 5.32 Å². The van der Waals surface area contributed by atoms with Crippen LogP contribution in [-0.4, -0.2) is 28.1 Å². The molecule has 0 amide bonds. The van der Waals surface area contributed by atoms with Gasteiger partial charge in [-0.3, -0.25) is 0 Å². The molecule has 1 aromatic heterocycles. The zero-order chi connectivity index (χ0) is 13.6. The first-order valence-electron chi connectivity index (χ1n) is 7.06. The summed E-state index contributed by atoms with van der Waals surface area (Å²) in [6.45, 7) is 8.74. The van der Waals surface area contributed by atoms with E-state index in [1.165, 1.54) is 31.4 Å². The smallest absolute Gasteiger partial charge is 0.0725 e.